The Balaban J connectivity index is 0.000000135. The number of aromatic carboxylic acids is 1. The number of nitrogen functional groups attached to an aromatic ring is 1. The van der Waals surface area contributed by atoms with E-state index in [-0.39, 0.29) is 30.3 Å². The molecular weight excluding hydrogens is 1850 g/mol. The summed E-state index contributed by atoms with van der Waals surface area (Å²) in [6, 6.07) is 96.7. The first kappa shape index (κ1) is 98.3. The number of thiazole rings is 5. The summed E-state index contributed by atoms with van der Waals surface area (Å²) in [5.41, 5.74) is 29.0. The third-order valence-corrected chi connectivity index (χ3v) is 26.1. The Morgan fingerprint density at radius 1 is 0.374 bits per heavy atom. The van der Waals surface area contributed by atoms with Crippen molar-refractivity contribution < 1.29 is 53.0 Å². The molecule has 0 spiro atoms. The van der Waals surface area contributed by atoms with Gasteiger partial charge in [-0.3, -0.25) is 4.68 Å². The van der Waals surface area contributed by atoms with Crippen LogP contribution in [-0.2, 0) is 77.1 Å². The number of carboxylic acids is 1. The van der Waals surface area contributed by atoms with Crippen LogP contribution in [0.1, 0.15) is 97.2 Å². The molecule has 0 saturated heterocycles. The molecule has 10 aromatic heterocycles. The summed E-state index contributed by atoms with van der Waals surface area (Å²) < 4.78 is 16.0. The number of nitrogens with two attached hydrogens (primary N) is 1. The van der Waals surface area contributed by atoms with Crippen LogP contribution in [0.15, 0.2) is 312 Å². The molecule has 11 aromatic carbocycles. The Morgan fingerprint density at radius 3 is 1.09 bits per heavy atom. The van der Waals surface area contributed by atoms with Gasteiger partial charge in [-0.05, 0) is 118 Å². The molecule has 1 aliphatic rings. The molecule has 0 radical (unpaired) electrons. The zero-order chi connectivity index (χ0) is 97.4. The van der Waals surface area contributed by atoms with E-state index in [2.05, 4.69) is 221 Å². The second kappa shape index (κ2) is 49.0. The van der Waals surface area contributed by atoms with E-state index in [9.17, 15) is 4.79 Å². The highest BCUT2D eigenvalue weighted by molar-refractivity contribution is 7.13. The number of carbonyl (C=O) groups is 1. The van der Waals surface area contributed by atoms with E-state index in [1.807, 2.05) is 157 Å². The van der Waals surface area contributed by atoms with Crippen LogP contribution in [0.2, 0.25) is 0 Å². The van der Waals surface area contributed by atoms with E-state index in [1.165, 1.54) is 29.7 Å². The zero-order valence-corrected chi connectivity index (χ0v) is 79.6. The van der Waals surface area contributed by atoms with Crippen LogP contribution in [0.25, 0.3) is 131 Å². The zero-order valence-electron chi connectivity index (χ0n) is 75.5. The van der Waals surface area contributed by atoms with Gasteiger partial charge in [0.1, 0.15) is 39.2 Å². The largest absolute Gasteiger partial charge is 0.490 e. The van der Waals surface area contributed by atoms with Crippen LogP contribution in [0, 0.1) is 0 Å². The number of nitrogens with zero attached hydrogens (tertiary/aromatic N) is 15. The number of hydrogen-bond acceptors (Lipinski definition) is 27. The predicted octanol–water partition coefficient (Wildman–Crippen LogP) is 22.9. The second-order valence-corrected chi connectivity index (χ2v) is 34.9. The van der Waals surface area contributed by atoms with Crippen LogP contribution in [0.3, 0.4) is 0 Å². The first-order valence-corrected chi connectivity index (χ1v) is 48.5. The maximum atomic E-state index is 11.0. The summed E-state index contributed by atoms with van der Waals surface area (Å²) in [7, 11) is 0. The Hall–Kier alpha value is -16.7. The smallest absolute Gasteiger partial charge is 0.373 e. The number of nitrogens with one attached hydrogen (secondary N) is 1. The molecule has 139 heavy (non-hydrogen) atoms. The topological polar surface area (TPSA) is 375 Å². The lowest BCUT2D eigenvalue weighted by atomic mass is 10.1. The number of ether oxygens (including phenoxy) is 1. The van der Waals surface area contributed by atoms with Gasteiger partial charge in [0, 0.05) is 106 Å². The number of benzene rings is 11. The van der Waals surface area contributed by atoms with Crippen LogP contribution in [0.4, 0.5) is 11.4 Å². The number of carboxylic acid groups (broad SMARTS) is 1. The Bertz CT molecular complexity index is 7730. The maximum Gasteiger partial charge on any atom is 0.373 e. The third-order valence-electron chi connectivity index (χ3n) is 21.9. The number of aryl methyl sites for hydroxylation is 4. The van der Waals surface area contributed by atoms with Crippen molar-refractivity contribution in [2.75, 3.05) is 11.1 Å². The molecule has 1 saturated carbocycles. The van der Waals surface area contributed by atoms with Gasteiger partial charge in [0.15, 0.2) is 5.69 Å². The number of carbonyl (C=O) groups excluding carboxylic acids is 8. The molecule has 28 nitrogen and oxygen atoms in total. The molecule has 1 aliphatic carbocycles. The lowest BCUT2D eigenvalue weighted by Crippen LogP contribution is -2.10. The minimum Gasteiger partial charge on any atom is -0.490 e. The van der Waals surface area contributed by atoms with Crippen molar-refractivity contribution in [1.29, 1.82) is 0 Å². The highest BCUT2D eigenvalue weighted by Crippen LogP contribution is 2.39. The first-order valence-electron chi connectivity index (χ1n) is 44.1. The highest BCUT2D eigenvalue weighted by Gasteiger charge is 2.24. The van der Waals surface area contributed by atoms with Crippen molar-refractivity contribution in [1.82, 2.24) is 73.8 Å². The minimum atomic E-state index is -1.01. The summed E-state index contributed by atoms with van der Waals surface area (Å²) in [6.07, 6.45) is 9.89. The van der Waals surface area contributed by atoms with Gasteiger partial charge in [0.25, 0.3) is 0 Å². The van der Waals surface area contributed by atoms with Gasteiger partial charge in [0.2, 0.25) is 20.5 Å². The average Bonchev–Trinajstić information content (AvgIpc) is 1.59. The summed E-state index contributed by atoms with van der Waals surface area (Å²) in [4.78, 5) is 99.0. The van der Waals surface area contributed by atoms with Gasteiger partial charge in [-0.25, -0.2) is 48.4 Å². The van der Waals surface area contributed by atoms with Crippen LogP contribution in [-0.4, -0.2) is 116 Å². The lowest BCUT2D eigenvalue weighted by Gasteiger charge is -2.13. The van der Waals surface area contributed by atoms with Gasteiger partial charge in [0.05, 0.1) is 63.0 Å². The van der Waals surface area contributed by atoms with Crippen molar-refractivity contribution in [2.45, 2.75) is 98.3 Å². The minimum absolute atomic E-state index is 0.0785. The molecule has 10 heterocycles. The molecule has 1 fully saturated rings. The molecule has 0 aliphatic heterocycles. The molecular formula is C106H89N17O11S5. The standard InChI is InChI=1S/C25H22N4S.C23H23N3OS.C18H16N4S.C18H13N3O2S.C18H15N3S.4CO2/c1-2-20-17-30-25(27-20)29-23-15-21(26-16-18-9-5-3-6-10-18)13-14-22(23)24(28-29)19-11-7-4-8-12-19;1-2-17-15-28-23(24-17)26-21-14-19(27-18-10-6-7-11-18)12-13-20(21)22(25-26)16-8-4-3-5-9-16;1-2-14-11-23-18(20-14)22-16-10-13(19)8-9-15(16)17(21-22)12-6-4-3-5-7-12;22-18(23)14-11-24-16(19-14)10-21-15-9-5-4-8-13(15)17(20-21)12-6-2-1-3-7-12;1-2-14-12-22-18(19-14)21-16-11-7-6-10-15(16)17(20-21)13-8-4-3-5-9-13;4*2-1-3/h3-15,17,26H,2,16H2,1H3;3-5,8-9,12-15,18H,2,6-7,10-11H2,1H3;3-11H,2,19H2,1H3;1-9,11H,10H2,(H,22,23);3-12H,2H2,1H3;;;;. The van der Waals surface area contributed by atoms with Crippen molar-refractivity contribution >= 4 is 153 Å². The normalized spacial score (nSPS) is 11.1. The number of rotatable bonds is 21. The highest BCUT2D eigenvalue weighted by atomic mass is 32.1. The predicted molar refractivity (Wildman–Crippen MR) is 541 cm³/mol. The van der Waals surface area contributed by atoms with Crippen LogP contribution >= 0.6 is 56.7 Å². The van der Waals surface area contributed by atoms with Crippen molar-refractivity contribution in [3.05, 3.63) is 351 Å². The molecule has 22 rings (SSSR count). The first-order chi connectivity index (χ1) is 68.1. The van der Waals surface area contributed by atoms with E-state index < -0.39 is 5.97 Å². The molecule has 0 amide bonds. The fourth-order valence-electron chi connectivity index (χ4n) is 15.3. The number of hydrogen-bond donors (Lipinski definition) is 3. The molecule has 33 heteroatoms. The van der Waals surface area contributed by atoms with Crippen LogP contribution < -0.4 is 15.8 Å². The van der Waals surface area contributed by atoms with Crippen molar-refractivity contribution in [3.63, 3.8) is 0 Å². The van der Waals surface area contributed by atoms with Crippen molar-refractivity contribution in [2.24, 2.45) is 0 Å². The SMILES string of the molecule is CCc1csc(-n2nc(-c3ccccc3)c3ccc(N)cc32)n1.CCc1csc(-n2nc(-c3ccccc3)c3ccc(NCc4ccccc4)cc32)n1.CCc1csc(-n2nc(-c3ccccc3)c3ccc(OC4CCCC4)cc32)n1.CCc1csc(-n2nc(-c3ccccc3)c3ccccc32)n1.O=C(O)c1csc(Cn2nc(-c3ccccc3)c3ccccc32)n1.O=C=O.O=C=O.O=C=O.O=C=O. The van der Waals surface area contributed by atoms with Crippen LogP contribution in [0.5, 0.6) is 5.75 Å². The van der Waals surface area contributed by atoms with E-state index in [0.717, 1.165) is 221 Å². The second-order valence-electron chi connectivity index (χ2n) is 30.6. The van der Waals surface area contributed by atoms with Gasteiger partial charge in [-0.2, -0.15) is 63.8 Å². The summed E-state index contributed by atoms with van der Waals surface area (Å²) in [5, 5.41) is 56.8. The molecule has 21 aromatic rings. The Morgan fingerprint density at radius 2 is 0.705 bits per heavy atom. The maximum absolute atomic E-state index is 11.0. The van der Waals surface area contributed by atoms with Gasteiger partial charge in [-0.15, -0.1) is 56.7 Å². The fourth-order valence-corrected chi connectivity index (χ4v) is 19.5. The molecule has 0 atom stereocenters. The monoisotopic (exact) mass is 1940 g/mol. The van der Waals surface area contributed by atoms with E-state index >= 15 is 0 Å². The fraction of sp³-hybridized carbons (Fsp3) is 0.142. The molecule has 694 valence electrons. The number of para-hydroxylation sites is 2. The van der Waals surface area contributed by atoms with Gasteiger partial charge >= 0.3 is 30.6 Å². The average molecular weight is 1940 g/mol. The Labute approximate surface area is 817 Å². The van der Waals surface area contributed by atoms with E-state index in [4.69, 9.17) is 89.4 Å². The molecule has 0 bridgehead atoms. The van der Waals surface area contributed by atoms with Gasteiger partial charge in [-0.1, -0.05) is 246 Å². The summed E-state index contributed by atoms with van der Waals surface area (Å²) >= 11 is 7.85. The molecule has 0 unspecified atom stereocenters. The van der Waals surface area contributed by atoms with E-state index in [0.29, 0.717) is 12.6 Å². The summed E-state index contributed by atoms with van der Waals surface area (Å²) in [6.45, 7) is 9.71. The number of fused-ring (bicyclic) bond motifs is 5. The van der Waals surface area contributed by atoms with Crippen molar-refractivity contribution in [3.8, 4) is 82.6 Å². The number of aromatic nitrogens is 15. The lowest BCUT2D eigenvalue weighted by molar-refractivity contribution is -0.193. The van der Waals surface area contributed by atoms with Gasteiger partial charge < -0.3 is 20.9 Å². The van der Waals surface area contributed by atoms with E-state index in [1.54, 1.807) is 50.7 Å². The quantitative estimate of drug-likeness (QED) is 0.0562. The third kappa shape index (κ3) is 24.5. The number of anilines is 2. The summed E-state index contributed by atoms with van der Waals surface area (Å²) in [5.74, 6) is -0.0831. The molecule has 4 N–H and O–H groups in total. The Kier molecular flexibility index (Phi) is 34.7.